The molecule has 0 unspecified atom stereocenters. The van der Waals surface area contributed by atoms with E-state index in [1.807, 2.05) is 18.5 Å². The van der Waals surface area contributed by atoms with Crippen LogP contribution in [0.5, 0.6) is 5.75 Å². The zero-order chi connectivity index (χ0) is 24.2. The quantitative estimate of drug-likeness (QED) is 0.430. The number of halogens is 1. The van der Waals surface area contributed by atoms with Gasteiger partial charge in [0.1, 0.15) is 0 Å². The standard InChI is InChI=1S/C25H31FN4O2S/c1-7-30(15-17-8-13-21(32-6)20(26)14-17)22(31)16-33-24-28-27-23(29(24)5)18-9-11-19(12-10-18)25(2,3)4/h8-14H,7,15-16H2,1-6H3. The van der Waals surface area contributed by atoms with Crippen LogP contribution in [0.25, 0.3) is 11.4 Å². The second-order valence-electron chi connectivity index (χ2n) is 8.86. The lowest BCUT2D eigenvalue weighted by molar-refractivity contribution is -0.128. The molecule has 2 aromatic carbocycles. The zero-order valence-corrected chi connectivity index (χ0v) is 20.9. The number of hydrogen-bond acceptors (Lipinski definition) is 5. The van der Waals surface area contributed by atoms with Gasteiger partial charge in [-0.05, 0) is 35.6 Å². The van der Waals surface area contributed by atoms with E-state index in [4.69, 9.17) is 4.74 Å². The smallest absolute Gasteiger partial charge is 0.233 e. The first-order valence-corrected chi connectivity index (χ1v) is 11.9. The fourth-order valence-corrected chi connectivity index (χ4v) is 4.25. The maximum absolute atomic E-state index is 14.0. The van der Waals surface area contributed by atoms with Crippen molar-refractivity contribution in [3.63, 3.8) is 0 Å². The number of aromatic nitrogens is 3. The average Bonchev–Trinajstić information content (AvgIpc) is 3.15. The van der Waals surface area contributed by atoms with E-state index in [0.717, 1.165) is 11.4 Å². The molecule has 33 heavy (non-hydrogen) atoms. The van der Waals surface area contributed by atoms with Crippen molar-refractivity contribution in [1.29, 1.82) is 0 Å². The Hall–Kier alpha value is -2.87. The maximum atomic E-state index is 14.0. The van der Waals surface area contributed by atoms with Gasteiger partial charge in [0.05, 0.1) is 12.9 Å². The molecule has 8 heteroatoms. The predicted octanol–water partition coefficient (Wildman–Crippen LogP) is 5.07. The number of nitrogens with zero attached hydrogens (tertiary/aromatic N) is 4. The third kappa shape index (κ3) is 5.93. The Labute approximate surface area is 199 Å². The van der Waals surface area contributed by atoms with Crippen molar-refractivity contribution in [2.75, 3.05) is 19.4 Å². The predicted molar refractivity (Wildman–Crippen MR) is 130 cm³/mol. The second-order valence-corrected chi connectivity index (χ2v) is 9.80. The largest absolute Gasteiger partial charge is 0.494 e. The van der Waals surface area contributed by atoms with Crippen molar-refractivity contribution in [3.8, 4) is 17.1 Å². The Morgan fingerprint density at radius 1 is 1.15 bits per heavy atom. The van der Waals surface area contributed by atoms with Crippen molar-refractivity contribution in [2.24, 2.45) is 7.05 Å². The van der Waals surface area contributed by atoms with Crippen LogP contribution in [0.1, 0.15) is 38.8 Å². The summed E-state index contributed by atoms with van der Waals surface area (Å²) in [6.07, 6.45) is 0. The van der Waals surface area contributed by atoms with Gasteiger partial charge in [-0.1, -0.05) is 62.9 Å². The van der Waals surface area contributed by atoms with E-state index in [2.05, 4.69) is 55.2 Å². The second kappa shape index (κ2) is 10.4. The van der Waals surface area contributed by atoms with Gasteiger partial charge in [-0.25, -0.2) is 4.39 Å². The van der Waals surface area contributed by atoms with Gasteiger partial charge in [0.15, 0.2) is 22.5 Å². The number of rotatable bonds is 8. The minimum atomic E-state index is -0.435. The van der Waals surface area contributed by atoms with Crippen LogP contribution in [0.4, 0.5) is 4.39 Å². The molecule has 0 N–H and O–H groups in total. The number of hydrogen-bond donors (Lipinski definition) is 0. The fraction of sp³-hybridized carbons (Fsp3) is 0.400. The molecule has 0 radical (unpaired) electrons. The highest BCUT2D eigenvalue weighted by Gasteiger charge is 2.18. The zero-order valence-electron chi connectivity index (χ0n) is 20.1. The maximum Gasteiger partial charge on any atom is 0.233 e. The van der Waals surface area contributed by atoms with Gasteiger partial charge in [0.25, 0.3) is 0 Å². The summed E-state index contributed by atoms with van der Waals surface area (Å²) in [6, 6.07) is 13.1. The number of amides is 1. The molecule has 1 amide bonds. The van der Waals surface area contributed by atoms with Crippen molar-refractivity contribution < 1.29 is 13.9 Å². The Morgan fingerprint density at radius 2 is 1.85 bits per heavy atom. The molecule has 0 aliphatic carbocycles. The van der Waals surface area contributed by atoms with E-state index in [1.165, 1.54) is 30.5 Å². The van der Waals surface area contributed by atoms with E-state index in [0.29, 0.717) is 23.8 Å². The van der Waals surface area contributed by atoms with Gasteiger partial charge in [0, 0.05) is 25.7 Å². The number of carbonyl (C=O) groups is 1. The summed E-state index contributed by atoms with van der Waals surface area (Å²) in [5.41, 5.74) is 3.04. The Kier molecular flexibility index (Phi) is 7.79. The first-order valence-electron chi connectivity index (χ1n) is 10.9. The number of methoxy groups -OCH3 is 1. The number of ether oxygens (including phenoxy) is 1. The van der Waals surface area contributed by atoms with Crippen LogP contribution in [-0.4, -0.2) is 45.0 Å². The SMILES string of the molecule is CCN(Cc1ccc(OC)c(F)c1)C(=O)CSc1nnc(-c2ccc(C(C)(C)C)cc2)n1C. The highest BCUT2D eigenvalue weighted by Crippen LogP contribution is 2.27. The van der Waals surface area contributed by atoms with E-state index in [-0.39, 0.29) is 22.8 Å². The molecule has 0 fully saturated rings. The fourth-order valence-electron chi connectivity index (χ4n) is 3.43. The van der Waals surface area contributed by atoms with Gasteiger partial charge >= 0.3 is 0 Å². The minimum absolute atomic E-state index is 0.0437. The monoisotopic (exact) mass is 470 g/mol. The molecule has 0 atom stereocenters. The molecular weight excluding hydrogens is 439 g/mol. The van der Waals surface area contributed by atoms with Crippen LogP contribution in [-0.2, 0) is 23.8 Å². The molecule has 6 nitrogen and oxygen atoms in total. The van der Waals surface area contributed by atoms with E-state index in [1.54, 1.807) is 17.0 Å². The first kappa shape index (κ1) is 24.8. The molecule has 0 saturated carbocycles. The van der Waals surface area contributed by atoms with Crippen LogP contribution in [0, 0.1) is 5.82 Å². The lowest BCUT2D eigenvalue weighted by atomic mass is 9.87. The molecule has 0 saturated heterocycles. The van der Waals surface area contributed by atoms with Crippen LogP contribution in [0.2, 0.25) is 0 Å². The average molecular weight is 471 g/mol. The Bertz CT molecular complexity index is 1110. The summed E-state index contributed by atoms with van der Waals surface area (Å²) < 4.78 is 20.9. The highest BCUT2D eigenvalue weighted by atomic mass is 32.2. The molecule has 0 aliphatic heterocycles. The summed E-state index contributed by atoms with van der Waals surface area (Å²) >= 11 is 1.35. The van der Waals surface area contributed by atoms with Crippen LogP contribution >= 0.6 is 11.8 Å². The molecule has 3 rings (SSSR count). The molecule has 176 valence electrons. The summed E-state index contributed by atoms with van der Waals surface area (Å²) in [5, 5.41) is 9.28. The molecule has 0 bridgehead atoms. The molecule has 3 aromatic rings. The van der Waals surface area contributed by atoms with Crippen LogP contribution < -0.4 is 4.74 Å². The summed E-state index contributed by atoms with van der Waals surface area (Å²) in [4.78, 5) is 14.5. The summed E-state index contributed by atoms with van der Waals surface area (Å²) in [6.45, 7) is 9.31. The topological polar surface area (TPSA) is 60.2 Å². The van der Waals surface area contributed by atoms with E-state index in [9.17, 15) is 9.18 Å². The lowest BCUT2D eigenvalue weighted by Gasteiger charge is -2.21. The number of carbonyl (C=O) groups excluding carboxylic acids is 1. The molecular formula is C25H31FN4O2S. The van der Waals surface area contributed by atoms with Crippen molar-refractivity contribution >= 4 is 17.7 Å². The van der Waals surface area contributed by atoms with Crippen molar-refractivity contribution in [2.45, 2.75) is 44.8 Å². The van der Waals surface area contributed by atoms with Gasteiger partial charge in [-0.3, -0.25) is 4.79 Å². The molecule has 1 aromatic heterocycles. The van der Waals surface area contributed by atoms with Gasteiger partial charge in [0.2, 0.25) is 5.91 Å². The Balaban J connectivity index is 1.65. The molecule has 0 spiro atoms. The third-order valence-corrected chi connectivity index (χ3v) is 6.50. The molecule has 1 heterocycles. The van der Waals surface area contributed by atoms with Gasteiger partial charge < -0.3 is 14.2 Å². The highest BCUT2D eigenvalue weighted by molar-refractivity contribution is 7.99. The van der Waals surface area contributed by atoms with Crippen LogP contribution in [0.15, 0.2) is 47.6 Å². The first-order chi connectivity index (χ1) is 15.6. The van der Waals surface area contributed by atoms with Gasteiger partial charge in [-0.15, -0.1) is 10.2 Å². The van der Waals surface area contributed by atoms with Crippen molar-refractivity contribution in [1.82, 2.24) is 19.7 Å². The lowest BCUT2D eigenvalue weighted by Crippen LogP contribution is -2.31. The van der Waals surface area contributed by atoms with Crippen LogP contribution in [0.3, 0.4) is 0 Å². The minimum Gasteiger partial charge on any atom is -0.494 e. The van der Waals surface area contributed by atoms with E-state index < -0.39 is 5.82 Å². The normalized spacial score (nSPS) is 11.5. The summed E-state index contributed by atoms with van der Waals surface area (Å²) in [7, 11) is 3.33. The molecule has 0 aliphatic rings. The number of benzene rings is 2. The Morgan fingerprint density at radius 3 is 2.42 bits per heavy atom. The van der Waals surface area contributed by atoms with Crippen molar-refractivity contribution in [3.05, 3.63) is 59.4 Å². The van der Waals surface area contributed by atoms with Gasteiger partial charge in [-0.2, -0.15) is 0 Å². The summed E-state index contributed by atoms with van der Waals surface area (Å²) in [5.74, 6) is 0.690. The third-order valence-electron chi connectivity index (χ3n) is 5.49. The number of thioether (sulfide) groups is 1. The van der Waals surface area contributed by atoms with E-state index >= 15 is 0 Å².